The number of benzene rings is 1. The number of ether oxygens (including phenoxy) is 2. The number of aliphatic hydroxyl groups is 1. The molecule has 2 aromatic rings. The van der Waals surface area contributed by atoms with Crippen LogP contribution in [0.4, 0.5) is 0 Å². The largest absolute Gasteiger partial charge is 0.394 e. The number of amides is 1. The summed E-state index contributed by atoms with van der Waals surface area (Å²) in [5.74, 6) is -0.201. The number of rotatable bonds is 10. The van der Waals surface area contributed by atoms with Crippen LogP contribution in [0, 0.1) is 0 Å². The van der Waals surface area contributed by atoms with Crippen LogP contribution >= 0.6 is 0 Å². The lowest BCUT2D eigenvalue weighted by atomic mass is 10.1. The Morgan fingerprint density at radius 1 is 1.26 bits per heavy atom. The van der Waals surface area contributed by atoms with Gasteiger partial charge >= 0.3 is 5.69 Å². The summed E-state index contributed by atoms with van der Waals surface area (Å²) in [6, 6.07) is 7.05. The number of nitrogens with two attached hydrogens (primary N) is 1. The quantitative estimate of drug-likeness (QED) is 0.375. The molecule has 0 bridgehead atoms. The molecule has 10 nitrogen and oxygen atoms in total. The molecule has 0 radical (unpaired) electrons. The maximum absolute atomic E-state index is 12.1. The van der Waals surface area contributed by atoms with Crippen molar-refractivity contribution in [2.75, 3.05) is 26.4 Å². The monoisotopic (exact) mass is 432 g/mol. The fourth-order valence-electron chi connectivity index (χ4n) is 3.36. The molecule has 1 amide bonds. The smallest absolute Gasteiger partial charge is 0.330 e. The molecule has 10 heteroatoms. The highest BCUT2D eigenvalue weighted by atomic mass is 16.5. The molecule has 0 unspecified atom stereocenters. The molecule has 2 heterocycles. The molecule has 0 aliphatic carbocycles. The summed E-state index contributed by atoms with van der Waals surface area (Å²) >= 11 is 0. The Morgan fingerprint density at radius 3 is 2.71 bits per heavy atom. The van der Waals surface area contributed by atoms with Gasteiger partial charge in [0.1, 0.15) is 6.23 Å². The molecule has 0 saturated carbocycles. The summed E-state index contributed by atoms with van der Waals surface area (Å²) in [5, 5.41) is 12.0. The summed E-state index contributed by atoms with van der Waals surface area (Å²) in [7, 11) is 0. The van der Waals surface area contributed by atoms with E-state index in [1.54, 1.807) is 12.1 Å². The number of aromatic nitrogens is 2. The van der Waals surface area contributed by atoms with Crippen molar-refractivity contribution in [1.29, 1.82) is 0 Å². The van der Waals surface area contributed by atoms with Crippen molar-refractivity contribution in [3.63, 3.8) is 0 Å². The van der Waals surface area contributed by atoms with Crippen LogP contribution in [-0.2, 0) is 22.4 Å². The Kier molecular flexibility index (Phi) is 8.13. The van der Waals surface area contributed by atoms with E-state index in [1.807, 2.05) is 12.1 Å². The van der Waals surface area contributed by atoms with Crippen molar-refractivity contribution >= 4 is 5.91 Å². The zero-order chi connectivity index (χ0) is 22.2. The average molecular weight is 432 g/mol. The number of carbonyl (C=O) groups excluding carboxylic acids is 1. The van der Waals surface area contributed by atoms with E-state index in [0.717, 1.165) is 5.56 Å². The molecule has 0 spiro atoms. The predicted molar refractivity (Wildman–Crippen MR) is 113 cm³/mol. The number of aromatic amines is 1. The fraction of sp³-hybridized carbons (Fsp3) is 0.476. The van der Waals surface area contributed by atoms with Crippen LogP contribution in [-0.4, -0.2) is 53.0 Å². The van der Waals surface area contributed by atoms with Crippen molar-refractivity contribution in [1.82, 2.24) is 14.9 Å². The van der Waals surface area contributed by atoms with Gasteiger partial charge in [-0.05, 0) is 30.5 Å². The van der Waals surface area contributed by atoms with Gasteiger partial charge in [0.15, 0.2) is 0 Å². The normalized spacial score (nSPS) is 18.3. The third-order valence-electron chi connectivity index (χ3n) is 5.14. The fourth-order valence-corrected chi connectivity index (χ4v) is 3.36. The second-order valence-corrected chi connectivity index (χ2v) is 7.31. The van der Waals surface area contributed by atoms with Gasteiger partial charge in [0.05, 0.1) is 25.9 Å². The Hall–Kier alpha value is -2.79. The van der Waals surface area contributed by atoms with Crippen LogP contribution < -0.4 is 22.3 Å². The zero-order valence-electron chi connectivity index (χ0n) is 17.2. The minimum absolute atomic E-state index is 0.106. The SMILES string of the molecule is NCc1ccc(C(=O)NCCOCCc2cn([C@H]3CC[C@@H](CO)O3)c(=O)[nH]c2=O)cc1. The van der Waals surface area contributed by atoms with Gasteiger partial charge in [-0.3, -0.25) is 19.1 Å². The van der Waals surface area contributed by atoms with Crippen molar-refractivity contribution in [3.8, 4) is 0 Å². The topological polar surface area (TPSA) is 149 Å². The van der Waals surface area contributed by atoms with Crippen LogP contribution in [0.1, 0.15) is 40.6 Å². The van der Waals surface area contributed by atoms with E-state index in [4.69, 9.17) is 15.2 Å². The van der Waals surface area contributed by atoms with Gasteiger partial charge in [-0.15, -0.1) is 0 Å². The van der Waals surface area contributed by atoms with E-state index >= 15 is 0 Å². The first kappa shape index (κ1) is 22.9. The van der Waals surface area contributed by atoms with Crippen LogP contribution in [0.5, 0.6) is 0 Å². The molecule has 5 N–H and O–H groups in total. The molecule has 31 heavy (non-hydrogen) atoms. The predicted octanol–water partition coefficient (Wildman–Crippen LogP) is -0.346. The number of H-pyrrole nitrogens is 1. The number of nitrogens with one attached hydrogen (secondary N) is 2. The van der Waals surface area contributed by atoms with Gasteiger partial charge in [0, 0.05) is 36.8 Å². The number of hydrogen-bond acceptors (Lipinski definition) is 7. The first-order chi connectivity index (χ1) is 15.0. The second-order valence-electron chi connectivity index (χ2n) is 7.31. The molecular weight excluding hydrogens is 404 g/mol. The summed E-state index contributed by atoms with van der Waals surface area (Å²) < 4.78 is 12.5. The van der Waals surface area contributed by atoms with E-state index in [1.165, 1.54) is 10.8 Å². The third-order valence-corrected chi connectivity index (χ3v) is 5.14. The molecule has 1 fully saturated rings. The van der Waals surface area contributed by atoms with Crippen LogP contribution in [0.3, 0.4) is 0 Å². The summed E-state index contributed by atoms with van der Waals surface area (Å²) in [4.78, 5) is 38.5. The van der Waals surface area contributed by atoms with Crippen LogP contribution in [0.25, 0.3) is 0 Å². The number of carbonyl (C=O) groups is 1. The summed E-state index contributed by atoms with van der Waals surface area (Å²) in [6.07, 6.45) is 2.22. The first-order valence-corrected chi connectivity index (χ1v) is 10.3. The lowest BCUT2D eigenvalue weighted by molar-refractivity contribution is -0.0247. The summed E-state index contributed by atoms with van der Waals surface area (Å²) in [6.45, 7) is 1.19. The van der Waals surface area contributed by atoms with Crippen molar-refractivity contribution in [3.05, 3.63) is 68.0 Å². The van der Waals surface area contributed by atoms with Crippen LogP contribution in [0.15, 0.2) is 40.1 Å². The maximum Gasteiger partial charge on any atom is 0.330 e. The van der Waals surface area contributed by atoms with E-state index in [2.05, 4.69) is 10.3 Å². The molecular formula is C21H28N4O6. The average Bonchev–Trinajstić information content (AvgIpc) is 3.26. The van der Waals surface area contributed by atoms with Gasteiger partial charge in [-0.1, -0.05) is 12.1 Å². The molecule has 1 saturated heterocycles. The second kappa shape index (κ2) is 11.0. The van der Waals surface area contributed by atoms with Crippen molar-refractivity contribution in [2.45, 2.75) is 38.1 Å². The van der Waals surface area contributed by atoms with Crippen LogP contribution in [0.2, 0.25) is 0 Å². The Morgan fingerprint density at radius 2 is 2.03 bits per heavy atom. The standard InChI is InChI=1S/C21H28N4O6/c22-11-14-1-3-15(4-2-14)19(27)23-8-10-30-9-7-16-12-25(21(29)24-20(16)28)18-6-5-17(13-26)31-18/h1-4,12,17-18,26H,5-11,13,22H2,(H,23,27)(H,24,28,29)/t17-,18+/m0/s1. The van der Waals surface area contributed by atoms with E-state index in [0.29, 0.717) is 43.5 Å². The van der Waals surface area contributed by atoms with Gasteiger partial charge in [0.2, 0.25) is 0 Å². The molecule has 1 aromatic heterocycles. The first-order valence-electron chi connectivity index (χ1n) is 10.3. The van der Waals surface area contributed by atoms with Crippen molar-refractivity contribution in [2.24, 2.45) is 5.73 Å². The van der Waals surface area contributed by atoms with Crippen molar-refractivity contribution < 1.29 is 19.4 Å². The zero-order valence-corrected chi connectivity index (χ0v) is 17.2. The highest BCUT2D eigenvalue weighted by Crippen LogP contribution is 2.26. The molecule has 3 rings (SSSR count). The van der Waals surface area contributed by atoms with Gasteiger partial charge in [0.25, 0.3) is 11.5 Å². The minimum Gasteiger partial charge on any atom is -0.394 e. The third kappa shape index (κ3) is 6.11. The number of nitrogens with zero attached hydrogens (tertiary/aromatic N) is 1. The Bertz CT molecular complexity index is 985. The minimum atomic E-state index is -0.541. The highest BCUT2D eigenvalue weighted by Gasteiger charge is 2.27. The Balaban J connectivity index is 1.44. The van der Waals surface area contributed by atoms with E-state index in [9.17, 15) is 19.5 Å². The molecule has 1 aliphatic heterocycles. The van der Waals surface area contributed by atoms with Gasteiger partial charge in [-0.25, -0.2) is 4.79 Å². The molecule has 1 aliphatic rings. The van der Waals surface area contributed by atoms with Gasteiger partial charge < -0.3 is 25.6 Å². The lowest BCUT2D eigenvalue weighted by Crippen LogP contribution is -2.34. The maximum atomic E-state index is 12.1. The van der Waals surface area contributed by atoms with Gasteiger partial charge in [-0.2, -0.15) is 0 Å². The summed E-state index contributed by atoms with van der Waals surface area (Å²) in [5.41, 5.74) is 6.44. The molecule has 1 aromatic carbocycles. The number of hydrogen-bond donors (Lipinski definition) is 4. The van der Waals surface area contributed by atoms with E-state index < -0.39 is 17.5 Å². The van der Waals surface area contributed by atoms with E-state index in [-0.39, 0.29) is 31.8 Å². The lowest BCUT2D eigenvalue weighted by Gasteiger charge is -2.15. The molecule has 2 atom stereocenters. The molecule has 168 valence electrons. The Labute approximate surface area is 179 Å². The highest BCUT2D eigenvalue weighted by molar-refractivity contribution is 5.94. The number of aliphatic hydroxyl groups excluding tert-OH is 1.